The minimum Gasteiger partial charge on any atom is -0.309 e. The predicted octanol–water partition coefficient (Wildman–Crippen LogP) is 0.865. The van der Waals surface area contributed by atoms with Crippen LogP contribution in [0.4, 0.5) is 0 Å². The van der Waals surface area contributed by atoms with Crippen LogP contribution in [0.2, 0.25) is 0 Å². The van der Waals surface area contributed by atoms with Crippen LogP contribution in [-0.4, -0.2) is 61.7 Å². The van der Waals surface area contributed by atoms with E-state index in [9.17, 15) is 0 Å². The summed E-state index contributed by atoms with van der Waals surface area (Å²) in [5, 5.41) is 3.65. The van der Waals surface area contributed by atoms with Gasteiger partial charge in [0.25, 0.3) is 0 Å². The summed E-state index contributed by atoms with van der Waals surface area (Å²) < 4.78 is 0. The van der Waals surface area contributed by atoms with Gasteiger partial charge in [-0.15, -0.1) is 0 Å². The molecule has 0 amide bonds. The van der Waals surface area contributed by atoms with Gasteiger partial charge in [-0.25, -0.2) is 0 Å². The van der Waals surface area contributed by atoms with Gasteiger partial charge >= 0.3 is 0 Å². The molecule has 0 saturated carbocycles. The lowest BCUT2D eigenvalue weighted by atomic mass is 10.1. The van der Waals surface area contributed by atoms with E-state index in [-0.39, 0.29) is 1.43 Å². The Morgan fingerprint density at radius 2 is 2.07 bits per heavy atom. The van der Waals surface area contributed by atoms with Gasteiger partial charge in [0.2, 0.25) is 0 Å². The van der Waals surface area contributed by atoms with Crippen molar-refractivity contribution in [1.29, 1.82) is 0 Å². The van der Waals surface area contributed by atoms with Crippen molar-refractivity contribution >= 4 is 0 Å². The molecule has 1 fully saturated rings. The molecule has 14 heavy (non-hydrogen) atoms. The highest BCUT2D eigenvalue weighted by molar-refractivity contribution is 4.94. The van der Waals surface area contributed by atoms with E-state index in [2.05, 4.69) is 50.0 Å². The topological polar surface area (TPSA) is 18.5 Å². The molecule has 0 bridgehead atoms. The molecule has 0 aliphatic carbocycles. The first-order valence-corrected chi connectivity index (χ1v) is 5.69. The number of hydrogen-bond donors (Lipinski definition) is 1. The molecule has 0 radical (unpaired) electrons. The summed E-state index contributed by atoms with van der Waals surface area (Å²) in [7, 11) is 4.36. The summed E-state index contributed by atoms with van der Waals surface area (Å²) in [6.07, 6.45) is 0. The zero-order chi connectivity index (χ0) is 10.7. The molecule has 2 unspecified atom stereocenters. The number of rotatable bonds is 4. The van der Waals surface area contributed by atoms with E-state index in [4.69, 9.17) is 0 Å². The van der Waals surface area contributed by atoms with Crippen LogP contribution in [0.25, 0.3) is 0 Å². The number of likely N-dealkylation sites (tertiary alicyclic amines) is 1. The highest BCUT2D eigenvalue weighted by Gasteiger charge is 2.33. The Hall–Kier alpha value is -0.120. The van der Waals surface area contributed by atoms with Crippen LogP contribution in [0.3, 0.4) is 0 Å². The van der Waals surface area contributed by atoms with Crippen LogP contribution >= 0.6 is 0 Å². The SMILES string of the molecule is CCN1CC(NC(C)C)C(N(C)C)C1.[HH]. The van der Waals surface area contributed by atoms with Crippen molar-refractivity contribution < 1.29 is 1.43 Å². The molecule has 1 saturated heterocycles. The third-order valence-corrected chi connectivity index (χ3v) is 3.02. The van der Waals surface area contributed by atoms with Gasteiger partial charge in [0.15, 0.2) is 0 Å². The Balaban J connectivity index is 0.00000196. The Morgan fingerprint density at radius 3 is 2.50 bits per heavy atom. The van der Waals surface area contributed by atoms with Gasteiger partial charge < -0.3 is 15.1 Å². The quantitative estimate of drug-likeness (QED) is 0.728. The van der Waals surface area contributed by atoms with Gasteiger partial charge in [-0.1, -0.05) is 20.8 Å². The molecule has 1 heterocycles. The molecule has 1 rings (SSSR count). The summed E-state index contributed by atoms with van der Waals surface area (Å²) in [4.78, 5) is 4.86. The minimum atomic E-state index is 0. The average molecular weight is 201 g/mol. The number of nitrogens with zero attached hydrogens (tertiary/aromatic N) is 2. The number of nitrogens with one attached hydrogen (secondary N) is 1. The van der Waals surface area contributed by atoms with Crippen LogP contribution in [0.5, 0.6) is 0 Å². The Morgan fingerprint density at radius 1 is 1.43 bits per heavy atom. The molecule has 1 aliphatic heterocycles. The third-order valence-electron chi connectivity index (χ3n) is 3.02. The monoisotopic (exact) mass is 201 g/mol. The average Bonchev–Trinajstić information content (AvgIpc) is 2.46. The molecule has 1 aliphatic rings. The van der Waals surface area contributed by atoms with E-state index in [1.165, 1.54) is 19.6 Å². The van der Waals surface area contributed by atoms with Crippen LogP contribution in [0.1, 0.15) is 22.2 Å². The predicted molar refractivity (Wildman–Crippen MR) is 63.8 cm³/mol. The van der Waals surface area contributed by atoms with Crippen LogP contribution in [0.15, 0.2) is 0 Å². The molecule has 2 atom stereocenters. The maximum absolute atomic E-state index is 3.65. The van der Waals surface area contributed by atoms with Crippen molar-refractivity contribution in [3.05, 3.63) is 0 Å². The maximum atomic E-state index is 3.65. The van der Waals surface area contributed by atoms with Crippen LogP contribution in [0, 0.1) is 0 Å². The molecule has 3 heteroatoms. The third kappa shape index (κ3) is 2.94. The lowest BCUT2D eigenvalue weighted by molar-refractivity contribution is 0.252. The molecule has 86 valence electrons. The lowest BCUT2D eigenvalue weighted by Gasteiger charge is -2.27. The maximum Gasteiger partial charge on any atom is 0.0383 e. The Bertz CT molecular complexity index is 173. The largest absolute Gasteiger partial charge is 0.309 e. The van der Waals surface area contributed by atoms with Crippen molar-refractivity contribution in [2.24, 2.45) is 0 Å². The van der Waals surface area contributed by atoms with Gasteiger partial charge in [0.1, 0.15) is 0 Å². The van der Waals surface area contributed by atoms with E-state index in [0.29, 0.717) is 18.1 Å². The fourth-order valence-corrected chi connectivity index (χ4v) is 2.24. The smallest absolute Gasteiger partial charge is 0.0383 e. The second-order valence-electron chi connectivity index (χ2n) is 4.81. The summed E-state index contributed by atoms with van der Waals surface area (Å²) in [5.41, 5.74) is 0. The normalized spacial score (nSPS) is 29.4. The van der Waals surface area contributed by atoms with Crippen molar-refractivity contribution in [3.63, 3.8) is 0 Å². The van der Waals surface area contributed by atoms with E-state index < -0.39 is 0 Å². The van der Waals surface area contributed by atoms with E-state index in [0.717, 1.165) is 0 Å². The Kier molecular flexibility index (Phi) is 4.35. The molecule has 0 aromatic carbocycles. The molecule has 0 aromatic heterocycles. The van der Waals surface area contributed by atoms with Gasteiger partial charge in [-0.3, -0.25) is 0 Å². The fraction of sp³-hybridized carbons (Fsp3) is 1.00. The van der Waals surface area contributed by atoms with Gasteiger partial charge in [-0.2, -0.15) is 0 Å². The van der Waals surface area contributed by atoms with Gasteiger partial charge in [0.05, 0.1) is 0 Å². The summed E-state index contributed by atoms with van der Waals surface area (Å²) >= 11 is 0. The van der Waals surface area contributed by atoms with Crippen LogP contribution < -0.4 is 5.32 Å². The standard InChI is InChI=1S/C11H25N3.H2/c1-6-14-7-10(12-9(2)3)11(8-14)13(4)5;/h9-12H,6-8H2,1-5H3;1H. The zero-order valence-corrected chi connectivity index (χ0v) is 10.2. The first-order valence-electron chi connectivity index (χ1n) is 5.69. The summed E-state index contributed by atoms with van der Waals surface area (Å²) in [6.45, 7) is 10.2. The van der Waals surface area contributed by atoms with E-state index >= 15 is 0 Å². The van der Waals surface area contributed by atoms with Crippen molar-refractivity contribution in [2.45, 2.75) is 38.9 Å². The van der Waals surface area contributed by atoms with Crippen molar-refractivity contribution in [2.75, 3.05) is 33.7 Å². The fourth-order valence-electron chi connectivity index (χ4n) is 2.24. The highest BCUT2D eigenvalue weighted by atomic mass is 15.3. The van der Waals surface area contributed by atoms with Gasteiger partial charge in [0, 0.05) is 32.6 Å². The second kappa shape index (κ2) is 5.10. The molecule has 3 nitrogen and oxygen atoms in total. The molecular weight excluding hydrogens is 174 g/mol. The lowest BCUT2D eigenvalue weighted by Crippen LogP contribution is -2.48. The minimum absolute atomic E-state index is 0. The van der Waals surface area contributed by atoms with Crippen molar-refractivity contribution in [1.82, 2.24) is 15.1 Å². The second-order valence-corrected chi connectivity index (χ2v) is 4.81. The van der Waals surface area contributed by atoms with E-state index in [1.54, 1.807) is 0 Å². The van der Waals surface area contributed by atoms with Crippen LogP contribution in [-0.2, 0) is 0 Å². The first-order chi connectivity index (χ1) is 6.54. The number of likely N-dealkylation sites (N-methyl/N-ethyl adjacent to an activating group) is 2. The zero-order valence-electron chi connectivity index (χ0n) is 10.2. The summed E-state index contributed by atoms with van der Waals surface area (Å²) in [5.74, 6) is 0. The van der Waals surface area contributed by atoms with Gasteiger partial charge in [-0.05, 0) is 20.6 Å². The molecule has 0 spiro atoms. The van der Waals surface area contributed by atoms with Crippen molar-refractivity contribution in [3.8, 4) is 0 Å². The molecule has 1 N–H and O–H groups in total. The first kappa shape index (κ1) is 12.0. The molecular formula is C11H27N3. The molecule has 0 aromatic rings. The summed E-state index contributed by atoms with van der Waals surface area (Å²) in [6, 6.07) is 1.88. The highest BCUT2D eigenvalue weighted by Crippen LogP contribution is 2.14. The number of hydrogen-bond acceptors (Lipinski definition) is 3. The Labute approximate surface area is 89.9 Å². The van der Waals surface area contributed by atoms with E-state index in [1.807, 2.05) is 0 Å².